The molecule has 2 aromatic carbocycles. The number of amides is 3. The lowest BCUT2D eigenvalue weighted by Crippen LogP contribution is -2.36. The van der Waals surface area contributed by atoms with E-state index < -0.39 is 17.1 Å². The monoisotopic (exact) mass is 445 g/mol. The summed E-state index contributed by atoms with van der Waals surface area (Å²) in [4.78, 5) is 38.9. The van der Waals surface area contributed by atoms with E-state index in [1.54, 1.807) is 37.5 Å². The quantitative estimate of drug-likeness (QED) is 0.459. The summed E-state index contributed by atoms with van der Waals surface area (Å²) in [6.45, 7) is 0.0221. The zero-order chi connectivity index (χ0) is 22.7. The first-order valence-corrected chi connectivity index (χ1v) is 10.5. The topological polar surface area (TPSA) is 80.6 Å². The third kappa shape index (κ3) is 4.24. The van der Waals surface area contributed by atoms with Crippen LogP contribution in [0.5, 0.6) is 5.75 Å². The fourth-order valence-corrected chi connectivity index (χ4v) is 4.24. The van der Waals surface area contributed by atoms with Gasteiger partial charge in [-0.2, -0.15) is 0 Å². The molecule has 8 heteroatoms. The lowest BCUT2D eigenvalue weighted by Gasteiger charge is -2.12. The van der Waals surface area contributed by atoms with Crippen molar-refractivity contribution in [1.29, 1.82) is 0 Å². The van der Waals surface area contributed by atoms with Gasteiger partial charge in [0, 0.05) is 28.4 Å². The van der Waals surface area contributed by atoms with Gasteiger partial charge in [-0.05, 0) is 48.2 Å². The van der Waals surface area contributed by atoms with Crippen molar-refractivity contribution in [2.24, 2.45) is 0 Å². The molecule has 1 aliphatic rings. The van der Waals surface area contributed by atoms with Gasteiger partial charge in [-0.25, -0.2) is 0 Å². The average Bonchev–Trinajstić information content (AvgIpc) is 3.27. The average molecular weight is 446 g/mol. The summed E-state index contributed by atoms with van der Waals surface area (Å²) in [6, 6.07) is 14.4. The molecule has 0 atom stereocenters. The Morgan fingerprint density at radius 3 is 2.66 bits per heavy atom. The largest absolute Gasteiger partial charge is 0.497 e. The maximum Gasteiger partial charge on any atom is 0.294 e. The number of methoxy groups -OCH3 is 1. The number of para-hydroxylation sites is 1. The lowest BCUT2D eigenvalue weighted by molar-refractivity contribution is -0.127. The molecular formula is C24H19N3O4S. The minimum absolute atomic E-state index is 0.260. The molecule has 160 valence electrons. The minimum Gasteiger partial charge on any atom is -0.497 e. The molecule has 0 bridgehead atoms. The van der Waals surface area contributed by atoms with Gasteiger partial charge in [0.15, 0.2) is 0 Å². The number of carbonyl (C=O) groups excluding carboxylic acids is 3. The van der Waals surface area contributed by atoms with E-state index in [2.05, 4.69) is 11.2 Å². The van der Waals surface area contributed by atoms with Crippen LogP contribution < -0.4 is 10.1 Å². The van der Waals surface area contributed by atoms with Gasteiger partial charge in [0.25, 0.3) is 11.1 Å². The molecule has 32 heavy (non-hydrogen) atoms. The summed E-state index contributed by atoms with van der Waals surface area (Å²) in [5.74, 6) is 2.30. The van der Waals surface area contributed by atoms with Crippen LogP contribution in [0.25, 0.3) is 17.0 Å². The van der Waals surface area contributed by atoms with Crippen LogP contribution in [0.4, 0.5) is 10.5 Å². The van der Waals surface area contributed by atoms with Gasteiger partial charge in [0.1, 0.15) is 12.3 Å². The number of carbonyl (C=O) groups is 3. The van der Waals surface area contributed by atoms with Gasteiger partial charge >= 0.3 is 0 Å². The van der Waals surface area contributed by atoms with Crippen LogP contribution in [0.1, 0.15) is 5.56 Å². The number of ether oxygens (including phenoxy) is 1. The van der Waals surface area contributed by atoms with Crippen molar-refractivity contribution in [3.05, 3.63) is 65.2 Å². The number of imide groups is 1. The number of terminal acetylenes is 1. The maximum absolute atomic E-state index is 12.8. The van der Waals surface area contributed by atoms with Crippen molar-refractivity contribution in [3.63, 3.8) is 0 Å². The Kier molecular flexibility index (Phi) is 6.01. The first kappa shape index (κ1) is 21.3. The van der Waals surface area contributed by atoms with Crippen LogP contribution in [-0.4, -0.2) is 40.2 Å². The highest BCUT2D eigenvalue weighted by atomic mass is 32.2. The molecule has 0 unspecified atom stereocenters. The Balaban J connectivity index is 1.51. The van der Waals surface area contributed by atoms with E-state index in [1.165, 1.54) is 0 Å². The van der Waals surface area contributed by atoms with Crippen molar-refractivity contribution in [3.8, 4) is 18.1 Å². The van der Waals surface area contributed by atoms with E-state index in [0.29, 0.717) is 18.0 Å². The van der Waals surface area contributed by atoms with E-state index in [0.717, 1.165) is 33.1 Å². The van der Waals surface area contributed by atoms with Crippen LogP contribution in [0.15, 0.2) is 59.6 Å². The number of rotatable bonds is 6. The molecule has 4 rings (SSSR count). The van der Waals surface area contributed by atoms with E-state index in [4.69, 9.17) is 11.2 Å². The number of benzene rings is 2. The molecule has 0 saturated carbocycles. The van der Waals surface area contributed by atoms with Crippen molar-refractivity contribution >= 4 is 51.5 Å². The molecule has 1 aliphatic heterocycles. The van der Waals surface area contributed by atoms with Gasteiger partial charge in [0.2, 0.25) is 5.91 Å². The highest BCUT2D eigenvalue weighted by molar-refractivity contribution is 8.18. The van der Waals surface area contributed by atoms with Crippen LogP contribution in [0.2, 0.25) is 0 Å². The Morgan fingerprint density at radius 1 is 1.19 bits per heavy atom. The lowest BCUT2D eigenvalue weighted by atomic mass is 10.1. The van der Waals surface area contributed by atoms with E-state index >= 15 is 0 Å². The number of hydrogen-bond donors (Lipinski definition) is 1. The molecule has 0 spiro atoms. The predicted molar refractivity (Wildman–Crippen MR) is 125 cm³/mol. The van der Waals surface area contributed by atoms with E-state index in [-0.39, 0.29) is 11.4 Å². The Morgan fingerprint density at radius 2 is 1.94 bits per heavy atom. The van der Waals surface area contributed by atoms with E-state index in [1.807, 2.05) is 35.0 Å². The molecule has 1 fully saturated rings. The molecular weight excluding hydrogens is 426 g/mol. The molecule has 1 saturated heterocycles. The molecule has 7 nitrogen and oxygen atoms in total. The Hall–Kier alpha value is -3.96. The zero-order valence-corrected chi connectivity index (χ0v) is 18.0. The number of hydrogen-bond acceptors (Lipinski definition) is 5. The van der Waals surface area contributed by atoms with Gasteiger partial charge in [-0.15, -0.1) is 6.42 Å². The van der Waals surface area contributed by atoms with E-state index in [9.17, 15) is 14.4 Å². The molecule has 3 aromatic rings. The fraction of sp³-hybridized carbons (Fsp3) is 0.125. The van der Waals surface area contributed by atoms with Gasteiger partial charge in [-0.3, -0.25) is 19.3 Å². The summed E-state index contributed by atoms with van der Waals surface area (Å²) < 4.78 is 6.99. The second-order valence-electron chi connectivity index (χ2n) is 6.98. The first-order valence-electron chi connectivity index (χ1n) is 9.70. The predicted octanol–water partition coefficient (Wildman–Crippen LogP) is 3.96. The van der Waals surface area contributed by atoms with Crippen molar-refractivity contribution in [2.45, 2.75) is 6.54 Å². The summed E-state index contributed by atoms with van der Waals surface area (Å²) in [5, 5.41) is 3.11. The van der Waals surface area contributed by atoms with Crippen molar-refractivity contribution in [1.82, 2.24) is 9.47 Å². The zero-order valence-electron chi connectivity index (χ0n) is 17.2. The van der Waals surface area contributed by atoms with Gasteiger partial charge in [-0.1, -0.05) is 24.1 Å². The van der Waals surface area contributed by atoms with Gasteiger partial charge < -0.3 is 14.6 Å². The minimum atomic E-state index is -0.501. The second-order valence-corrected chi connectivity index (χ2v) is 7.97. The molecule has 2 heterocycles. The van der Waals surface area contributed by atoms with Crippen LogP contribution in [-0.2, 0) is 16.1 Å². The SMILES string of the molecule is C#CCn1cc(/C=C2/SC(=O)N(CC(=O)Nc3ccc(OC)cc3)C2=O)c2ccccc21. The Labute approximate surface area is 189 Å². The standard InChI is InChI=1S/C24H19N3O4S/c1-3-12-26-14-16(19-6-4-5-7-20(19)26)13-21-23(29)27(24(30)32-21)15-22(28)25-17-8-10-18(31-2)11-9-17/h1,4-11,13-14H,12,15H2,2H3,(H,25,28)/b21-13+. The van der Waals surface area contributed by atoms with Crippen LogP contribution in [0, 0.1) is 12.3 Å². The summed E-state index contributed by atoms with van der Waals surface area (Å²) in [6.07, 6.45) is 8.98. The number of nitrogens with one attached hydrogen (secondary N) is 1. The highest BCUT2D eigenvalue weighted by Crippen LogP contribution is 2.34. The molecule has 0 radical (unpaired) electrons. The molecule has 1 N–H and O–H groups in total. The molecule has 3 amide bonds. The van der Waals surface area contributed by atoms with Crippen LogP contribution in [0.3, 0.4) is 0 Å². The van der Waals surface area contributed by atoms with Crippen molar-refractivity contribution in [2.75, 3.05) is 19.0 Å². The summed E-state index contributed by atoms with van der Waals surface area (Å²) in [7, 11) is 1.55. The first-order chi connectivity index (χ1) is 15.5. The Bertz CT molecular complexity index is 1280. The van der Waals surface area contributed by atoms with Gasteiger partial charge in [0.05, 0.1) is 18.6 Å². The third-order valence-electron chi connectivity index (χ3n) is 4.92. The number of nitrogens with zero attached hydrogens (tertiary/aromatic N) is 2. The summed E-state index contributed by atoms with van der Waals surface area (Å²) >= 11 is 0.813. The smallest absolute Gasteiger partial charge is 0.294 e. The summed E-state index contributed by atoms with van der Waals surface area (Å²) in [5.41, 5.74) is 2.26. The molecule has 0 aliphatic carbocycles. The fourth-order valence-electron chi connectivity index (χ4n) is 3.42. The maximum atomic E-state index is 12.8. The van der Waals surface area contributed by atoms with Crippen molar-refractivity contribution < 1.29 is 19.1 Å². The molecule has 1 aromatic heterocycles. The second kappa shape index (κ2) is 9.04. The highest BCUT2D eigenvalue weighted by Gasteiger charge is 2.36. The normalized spacial score (nSPS) is 14.8. The number of fused-ring (bicyclic) bond motifs is 1. The number of aromatic nitrogens is 1. The third-order valence-corrected chi connectivity index (χ3v) is 5.82. The van der Waals surface area contributed by atoms with Crippen LogP contribution >= 0.6 is 11.8 Å². The number of anilines is 1. The number of thioether (sulfide) groups is 1.